The number of ether oxygens (including phenoxy) is 1. The third kappa shape index (κ3) is 3.54. The van der Waals surface area contributed by atoms with Gasteiger partial charge >= 0.3 is 0 Å². The zero-order valence-corrected chi connectivity index (χ0v) is 11.9. The number of halogens is 1. The third-order valence-electron chi connectivity index (χ3n) is 3.56. The molecule has 1 aliphatic rings. The van der Waals surface area contributed by atoms with E-state index in [-0.39, 0.29) is 0 Å². The van der Waals surface area contributed by atoms with E-state index in [1.807, 2.05) is 7.05 Å². The van der Waals surface area contributed by atoms with Crippen molar-refractivity contribution in [2.24, 2.45) is 5.92 Å². The van der Waals surface area contributed by atoms with E-state index in [1.54, 1.807) is 0 Å². The van der Waals surface area contributed by atoms with Crippen LogP contribution in [0.2, 0.25) is 0 Å². The lowest BCUT2D eigenvalue weighted by Gasteiger charge is -2.30. The van der Waals surface area contributed by atoms with Gasteiger partial charge in [-0.05, 0) is 49.4 Å². The van der Waals surface area contributed by atoms with Crippen molar-refractivity contribution >= 4 is 15.9 Å². The van der Waals surface area contributed by atoms with Crippen molar-refractivity contribution in [3.8, 4) is 0 Å². The van der Waals surface area contributed by atoms with E-state index in [0.29, 0.717) is 5.92 Å². The van der Waals surface area contributed by atoms with Crippen molar-refractivity contribution < 1.29 is 4.74 Å². The number of hydrogen-bond acceptors (Lipinski definition) is 2. The minimum Gasteiger partial charge on any atom is -0.381 e. The third-order valence-corrected chi connectivity index (χ3v) is 4.09. The molecule has 1 N–H and O–H groups in total. The highest BCUT2D eigenvalue weighted by atomic mass is 79.9. The highest BCUT2D eigenvalue weighted by Crippen LogP contribution is 2.32. The van der Waals surface area contributed by atoms with Gasteiger partial charge in [0.25, 0.3) is 0 Å². The quantitative estimate of drug-likeness (QED) is 0.922. The zero-order chi connectivity index (χ0) is 12.1. The average Bonchev–Trinajstić information content (AvgIpc) is 2.38. The Kier molecular flexibility index (Phi) is 5.01. The van der Waals surface area contributed by atoms with Crippen LogP contribution in [0.1, 0.15) is 24.3 Å². The summed E-state index contributed by atoms with van der Waals surface area (Å²) >= 11 is 3.49. The maximum atomic E-state index is 5.46. The van der Waals surface area contributed by atoms with Crippen LogP contribution in [0.5, 0.6) is 0 Å². The van der Waals surface area contributed by atoms with Gasteiger partial charge in [-0.25, -0.2) is 0 Å². The van der Waals surface area contributed by atoms with Crippen LogP contribution < -0.4 is 5.32 Å². The Bertz CT molecular complexity index is 333. The molecule has 3 heteroatoms. The molecule has 17 heavy (non-hydrogen) atoms. The summed E-state index contributed by atoms with van der Waals surface area (Å²) in [4.78, 5) is 0. The van der Waals surface area contributed by atoms with Crippen molar-refractivity contribution in [2.75, 3.05) is 26.8 Å². The van der Waals surface area contributed by atoms with Crippen LogP contribution in [0.3, 0.4) is 0 Å². The maximum absolute atomic E-state index is 5.46. The first-order chi connectivity index (χ1) is 8.31. The van der Waals surface area contributed by atoms with Gasteiger partial charge in [0.1, 0.15) is 0 Å². The van der Waals surface area contributed by atoms with E-state index in [0.717, 1.165) is 30.1 Å². The molecule has 1 aliphatic heterocycles. The molecule has 1 aromatic rings. The summed E-state index contributed by atoms with van der Waals surface area (Å²) in [5.74, 6) is 1.36. The number of benzene rings is 1. The fraction of sp³-hybridized carbons (Fsp3) is 0.571. The van der Waals surface area contributed by atoms with Gasteiger partial charge < -0.3 is 10.1 Å². The van der Waals surface area contributed by atoms with E-state index in [2.05, 4.69) is 45.5 Å². The van der Waals surface area contributed by atoms with E-state index < -0.39 is 0 Å². The van der Waals surface area contributed by atoms with Gasteiger partial charge in [0.2, 0.25) is 0 Å². The van der Waals surface area contributed by atoms with Crippen molar-refractivity contribution in [1.82, 2.24) is 5.32 Å². The lowest BCUT2D eigenvalue weighted by Crippen LogP contribution is -2.28. The smallest absolute Gasteiger partial charge is 0.0468 e. The first-order valence-electron chi connectivity index (χ1n) is 6.29. The second-order valence-electron chi connectivity index (χ2n) is 4.67. The second-order valence-corrected chi connectivity index (χ2v) is 5.58. The molecule has 0 bridgehead atoms. The molecule has 0 aliphatic carbocycles. The Morgan fingerprint density at radius 1 is 1.29 bits per heavy atom. The summed E-state index contributed by atoms with van der Waals surface area (Å²) in [7, 11) is 2.03. The lowest BCUT2D eigenvalue weighted by atomic mass is 9.81. The number of likely N-dealkylation sites (N-methyl/N-ethyl adjacent to an activating group) is 1. The molecule has 1 heterocycles. The van der Waals surface area contributed by atoms with E-state index in [9.17, 15) is 0 Å². The first kappa shape index (κ1) is 13.1. The monoisotopic (exact) mass is 297 g/mol. The predicted octanol–water partition coefficient (Wildman–Crippen LogP) is 3.18. The maximum Gasteiger partial charge on any atom is 0.0468 e. The van der Waals surface area contributed by atoms with Crippen LogP contribution >= 0.6 is 15.9 Å². The van der Waals surface area contributed by atoms with Gasteiger partial charge in [0.05, 0.1) is 0 Å². The molecular weight excluding hydrogens is 278 g/mol. The topological polar surface area (TPSA) is 21.3 Å². The Morgan fingerprint density at radius 2 is 1.94 bits per heavy atom. The van der Waals surface area contributed by atoms with Gasteiger partial charge in [-0.2, -0.15) is 0 Å². The molecule has 0 saturated carbocycles. The molecule has 1 atom stereocenters. The Balaban J connectivity index is 2.12. The van der Waals surface area contributed by atoms with Gasteiger partial charge in [-0.1, -0.05) is 28.1 Å². The van der Waals surface area contributed by atoms with Gasteiger partial charge in [-0.15, -0.1) is 0 Å². The van der Waals surface area contributed by atoms with E-state index in [1.165, 1.54) is 18.4 Å². The van der Waals surface area contributed by atoms with Crippen LogP contribution in [0.25, 0.3) is 0 Å². The summed E-state index contributed by atoms with van der Waals surface area (Å²) in [5, 5.41) is 3.33. The largest absolute Gasteiger partial charge is 0.381 e. The van der Waals surface area contributed by atoms with Gasteiger partial charge in [0.15, 0.2) is 0 Å². The van der Waals surface area contributed by atoms with Crippen LogP contribution in [0.15, 0.2) is 28.7 Å². The Hall–Kier alpha value is -0.380. The van der Waals surface area contributed by atoms with Crippen LogP contribution in [0.4, 0.5) is 0 Å². The van der Waals surface area contributed by atoms with Crippen molar-refractivity contribution in [3.63, 3.8) is 0 Å². The zero-order valence-electron chi connectivity index (χ0n) is 10.3. The standard InChI is InChI=1S/C14H20BrNO/c1-16-10-14(12-6-8-17-9-7-12)11-2-4-13(15)5-3-11/h2-5,12,14,16H,6-10H2,1H3. The molecule has 1 saturated heterocycles. The molecular formula is C14H20BrNO. The summed E-state index contributed by atoms with van der Waals surface area (Å²) < 4.78 is 6.60. The molecule has 0 spiro atoms. The van der Waals surface area contributed by atoms with Gasteiger partial charge in [-0.3, -0.25) is 0 Å². The number of nitrogens with one attached hydrogen (secondary N) is 1. The van der Waals surface area contributed by atoms with E-state index in [4.69, 9.17) is 4.74 Å². The Labute approximate surface area is 112 Å². The van der Waals surface area contributed by atoms with E-state index >= 15 is 0 Å². The molecule has 1 fully saturated rings. The molecule has 2 rings (SSSR count). The molecule has 0 amide bonds. The van der Waals surface area contributed by atoms with Crippen LogP contribution in [-0.4, -0.2) is 26.8 Å². The lowest BCUT2D eigenvalue weighted by molar-refractivity contribution is 0.0579. The SMILES string of the molecule is CNCC(c1ccc(Br)cc1)C1CCOCC1. The molecule has 1 unspecified atom stereocenters. The highest BCUT2D eigenvalue weighted by molar-refractivity contribution is 9.10. The summed E-state index contributed by atoms with van der Waals surface area (Å²) in [6.45, 7) is 2.88. The normalized spacial score (nSPS) is 19.2. The minimum absolute atomic E-state index is 0.608. The predicted molar refractivity (Wildman–Crippen MR) is 74.4 cm³/mol. The summed E-state index contributed by atoms with van der Waals surface area (Å²) in [6.07, 6.45) is 2.37. The number of hydrogen-bond donors (Lipinski definition) is 1. The van der Waals surface area contributed by atoms with Crippen LogP contribution in [0, 0.1) is 5.92 Å². The molecule has 0 aromatic heterocycles. The first-order valence-corrected chi connectivity index (χ1v) is 7.08. The minimum atomic E-state index is 0.608. The molecule has 2 nitrogen and oxygen atoms in total. The highest BCUT2D eigenvalue weighted by Gasteiger charge is 2.24. The average molecular weight is 298 g/mol. The van der Waals surface area contributed by atoms with Crippen molar-refractivity contribution in [3.05, 3.63) is 34.3 Å². The van der Waals surface area contributed by atoms with Crippen LogP contribution in [-0.2, 0) is 4.74 Å². The van der Waals surface area contributed by atoms with Crippen molar-refractivity contribution in [1.29, 1.82) is 0 Å². The molecule has 1 aromatic carbocycles. The fourth-order valence-electron chi connectivity index (χ4n) is 2.60. The van der Waals surface area contributed by atoms with Crippen molar-refractivity contribution in [2.45, 2.75) is 18.8 Å². The summed E-state index contributed by atoms with van der Waals surface area (Å²) in [6, 6.07) is 8.75. The molecule has 0 radical (unpaired) electrons. The number of rotatable bonds is 4. The Morgan fingerprint density at radius 3 is 2.53 bits per heavy atom. The summed E-state index contributed by atoms with van der Waals surface area (Å²) in [5.41, 5.74) is 1.44. The molecule has 94 valence electrons. The fourth-order valence-corrected chi connectivity index (χ4v) is 2.87. The van der Waals surface area contributed by atoms with Gasteiger partial charge in [0, 0.05) is 24.2 Å². The second kappa shape index (κ2) is 6.53.